The van der Waals surface area contributed by atoms with Gasteiger partial charge in [0.2, 0.25) is 5.88 Å². The number of benzene rings is 1. The number of aliphatic hydroxyl groups is 1. The van der Waals surface area contributed by atoms with Crippen molar-refractivity contribution in [2.24, 2.45) is 0 Å². The Morgan fingerprint density at radius 2 is 1.87 bits per heavy atom. The van der Waals surface area contributed by atoms with Gasteiger partial charge in [0.05, 0.1) is 21.9 Å². The number of aliphatic hydroxyl groups excluding tert-OH is 1. The summed E-state index contributed by atoms with van der Waals surface area (Å²) in [6.07, 6.45) is -1.08. The molecule has 23 heavy (non-hydrogen) atoms. The lowest BCUT2D eigenvalue weighted by molar-refractivity contribution is 0.229. The van der Waals surface area contributed by atoms with Crippen molar-refractivity contribution in [3.05, 3.63) is 57.2 Å². The average molecular weight is 353 g/mol. The monoisotopic (exact) mass is 352 g/mol. The van der Waals surface area contributed by atoms with Crippen molar-refractivity contribution in [1.29, 1.82) is 5.41 Å². The van der Waals surface area contributed by atoms with E-state index in [-0.39, 0.29) is 11.8 Å². The van der Waals surface area contributed by atoms with E-state index in [1.807, 2.05) is 13.8 Å². The molecule has 1 heterocycles. The van der Waals surface area contributed by atoms with Gasteiger partial charge in [0.25, 0.3) is 0 Å². The molecule has 6 heteroatoms. The molecule has 0 radical (unpaired) electrons. The second kappa shape index (κ2) is 7.30. The van der Waals surface area contributed by atoms with E-state index in [0.29, 0.717) is 32.7 Å². The molecule has 0 aliphatic rings. The van der Waals surface area contributed by atoms with E-state index in [0.717, 1.165) is 0 Å². The molecule has 0 saturated carbocycles. The molecule has 0 spiro atoms. The molecule has 0 bridgehead atoms. The molecule has 2 N–H and O–H groups in total. The lowest BCUT2D eigenvalue weighted by Crippen LogP contribution is -2.15. The van der Waals surface area contributed by atoms with E-state index >= 15 is 0 Å². The van der Waals surface area contributed by atoms with Gasteiger partial charge < -0.3 is 15.3 Å². The van der Waals surface area contributed by atoms with Crippen LogP contribution in [0.3, 0.4) is 0 Å². The summed E-state index contributed by atoms with van der Waals surface area (Å²) in [6, 6.07) is 8.23. The molecular weight excluding hydrogens is 335 g/mol. The third kappa shape index (κ3) is 4.22. The van der Waals surface area contributed by atoms with Crippen molar-refractivity contribution in [3.63, 3.8) is 0 Å². The molecule has 2 aromatic rings. The van der Waals surface area contributed by atoms with Gasteiger partial charge in [0.15, 0.2) is 0 Å². The number of rotatable bonds is 5. The molecular formula is C17H18Cl2N2O2. The number of hydrogen-bond acceptors (Lipinski definition) is 4. The van der Waals surface area contributed by atoms with Gasteiger partial charge in [-0.2, -0.15) is 0 Å². The summed E-state index contributed by atoms with van der Waals surface area (Å²) in [4.78, 5) is 4.32. The van der Waals surface area contributed by atoms with E-state index < -0.39 is 6.10 Å². The Morgan fingerprint density at radius 3 is 2.43 bits per heavy atom. The highest BCUT2D eigenvalue weighted by Crippen LogP contribution is 2.27. The minimum atomic E-state index is -1.10. The van der Waals surface area contributed by atoms with Crippen molar-refractivity contribution < 1.29 is 9.84 Å². The van der Waals surface area contributed by atoms with Gasteiger partial charge in [-0.1, -0.05) is 29.3 Å². The third-order valence-electron chi connectivity index (χ3n) is 3.26. The van der Waals surface area contributed by atoms with E-state index in [1.165, 1.54) is 0 Å². The summed E-state index contributed by atoms with van der Waals surface area (Å²) in [5.41, 5.74) is 1.71. The summed E-state index contributed by atoms with van der Waals surface area (Å²) in [5.74, 6) is 0.495. The Kier molecular flexibility index (Phi) is 5.63. The highest BCUT2D eigenvalue weighted by atomic mass is 35.5. The maximum absolute atomic E-state index is 10.5. The SMILES string of the molecule is Cc1nc(OC(C)C)ccc1[C@@H](O)C(=N)c1ccc(Cl)c(Cl)c1. The zero-order valence-corrected chi connectivity index (χ0v) is 14.6. The lowest BCUT2D eigenvalue weighted by atomic mass is 9.98. The molecule has 1 aromatic heterocycles. The average Bonchev–Trinajstić information content (AvgIpc) is 2.48. The Bertz CT molecular complexity index is 733. The maximum atomic E-state index is 10.5. The Hall–Kier alpha value is -1.62. The molecule has 0 fully saturated rings. The fourth-order valence-corrected chi connectivity index (χ4v) is 2.42. The molecule has 1 aromatic carbocycles. The van der Waals surface area contributed by atoms with Crippen molar-refractivity contribution in [2.75, 3.05) is 0 Å². The third-order valence-corrected chi connectivity index (χ3v) is 4.00. The molecule has 0 aliphatic carbocycles. The van der Waals surface area contributed by atoms with Crippen LogP contribution in [0.25, 0.3) is 0 Å². The van der Waals surface area contributed by atoms with E-state index in [9.17, 15) is 5.11 Å². The summed E-state index contributed by atoms with van der Waals surface area (Å²) in [7, 11) is 0. The van der Waals surface area contributed by atoms with Gasteiger partial charge in [0, 0.05) is 17.3 Å². The predicted octanol–water partition coefficient (Wildman–Crippen LogP) is 4.59. The smallest absolute Gasteiger partial charge is 0.213 e. The minimum Gasteiger partial charge on any atom is -0.475 e. The molecule has 0 unspecified atom stereocenters. The first-order valence-electron chi connectivity index (χ1n) is 7.15. The molecule has 0 amide bonds. The summed E-state index contributed by atoms with van der Waals surface area (Å²) >= 11 is 11.8. The van der Waals surface area contributed by atoms with Crippen LogP contribution in [0.5, 0.6) is 5.88 Å². The van der Waals surface area contributed by atoms with E-state index in [2.05, 4.69) is 4.98 Å². The Labute approximate surface area is 145 Å². The van der Waals surface area contributed by atoms with Crippen LogP contribution in [0.4, 0.5) is 0 Å². The molecule has 0 saturated heterocycles. The first-order valence-corrected chi connectivity index (χ1v) is 7.91. The van der Waals surface area contributed by atoms with Crippen molar-refractivity contribution in [1.82, 2.24) is 4.98 Å². The van der Waals surface area contributed by atoms with Crippen LogP contribution in [-0.4, -0.2) is 21.9 Å². The number of ether oxygens (including phenoxy) is 1. The maximum Gasteiger partial charge on any atom is 0.213 e. The number of pyridine rings is 1. The van der Waals surface area contributed by atoms with Crippen LogP contribution < -0.4 is 4.74 Å². The summed E-state index contributed by atoms with van der Waals surface area (Å²) < 4.78 is 5.53. The number of nitrogens with one attached hydrogen (secondary N) is 1. The normalized spacial score (nSPS) is 12.3. The molecule has 0 aliphatic heterocycles. The van der Waals surface area contributed by atoms with Crippen LogP contribution in [0, 0.1) is 12.3 Å². The van der Waals surface area contributed by atoms with Crippen molar-refractivity contribution in [3.8, 4) is 5.88 Å². The Balaban J connectivity index is 2.27. The first kappa shape index (κ1) is 17.7. The lowest BCUT2D eigenvalue weighted by Gasteiger charge is -2.16. The fraction of sp³-hybridized carbons (Fsp3) is 0.294. The molecule has 122 valence electrons. The first-order chi connectivity index (χ1) is 10.8. The number of aryl methyl sites for hydroxylation is 1. The largest absolute Gasteiger partial charge is 0.475 e. The van der Waals surface area contributed by atoms with Crippen LogP contribution in [0.1, 0.15) is 36.8 Å². The number of nitrogens with zero attached hydrogens (tertiary/aromatic N) is 1. The minimum absolute atomic E-state index is 0.0205. The number of hydrogen-bond donors (Lipinski definition) is 2. The standard InChI is InChI=1S/C17H18Cl2N2O2/c1-9(2)23-15-7-5-12(10(3)21-15)17(22)16(20)11-4-6-13(18)14(19)8-11/h4-9,17,20,22H,1-3H3/t17-/m1/s1. The second-order valence-corrected chi connectivity index (χ2v) is 6.25. The van der Waals surface area contributed by atoms with Crippen molar-refractivity contribution >= 4 is 28.9 Å². The highest BCUT2D eigenvalue weighted by Gasteiger charge is 2.19. The predicted molar refractivity (Wildman–Crippen MR) is 93.0 cm³/mol. The van der Waals surface area contributed by atoms with Gasteiger partial charge >= 0.3 is 0 Å². The van der Waals surface area contributed by atoms with E-state index in [4.69, 9.17) is 33.3 Å². The van der Waals surface area contributed by atoms with Crippen LogP contribution in [0.15, 0.2) is 30.3 Å². The summed E-state index contributed by atoms with van der Waals surface area (Å²) in [6.45, 7) is 5.60. The van der Waals surface area contributed by atoms with Crippen LogP contribution >= 0.6 is 23.2 Å². The fourth-order valence-electron chi connectivity index (χ4n) is 2.12. The number of aromatic nitrogens is 1. The van der Waals surface area contributed by atoms with Crippen LogP contribution in [0.2, 0.25) is 10.0 Å². The van der Waals surface area contributed by atoms with E-state index in [1.54, 1.807) is 37.3 Å². The Morgan fingerprint density at radius 1 is 1.17 bits per heavy atom. The molecule has 1 atom stereocenters. The number of halogens is 2. The zero-order valence-electron chi connectivity index (χ0n) is 13.1. The second-order valence-electron chi connectivity index (χ2n) is 5.44. The van der Waals surface area contributed by atoms with Gasteiger partial charge in [0.1, 0.15) is 6.10 Å². The van der Waals surface area contributed by atoms with Crippen LogP contribution in [-0.2, 0) is 0 Å². The topological polar surface area (TPSA) is 66.2 Å². The molecule has 2 rings (SSSR count). The van der Waals surface area contributed by atoms with Crippen molar-refractivity contribution in [2.45, 2.75) is 33.0 Å². The van der Waals surface area contributed by atoms with Gasteiger partial charge in [-0.05, 0) is 44.5 Å². The summed E-state index contributed by atoms with van der Waals surface area (Å²) in [5, 5.41) is 19.4. The quantitative estimate of drug-likeness (QED) is 0.773. The molecule has 4 nitrogen and oxygen atoms in total. The van der Waals surface area contributed by atoms with Gasteiger partial charge in [-0.15, -0.1) is 0 Å². The highest BCUT2D eigenvalue weighted by molar-refractivity contribution is 6.42. The van der Waals surface area contributed by atoms with Gasteiger partial charge in [-0.25, -0.2) is 4.98 Å². The zero-order chi connectivity index (χ0) is 17.1. The van der Waals surface area contributed by atoms with Gasteiger partial charge in [-0.3, -0.25) is 0 Å².